The zero-order valence-electron chi connectivity index (χ0n) is 12.1. The summed E-state index contributed by atoms with van der Waals surface area (Å²) in [5, 5.41) is 0. The molecular weight excluding hydrogens is 239 g/mol. The van der Waals surface area contributed by atoms with Gasteiger partial charge in [0.15, 0.2) is 5.78 Å². The zero-order chi connectivity index (χ0) is 14.0. The highest BCUT2D eigenvalue weighted by molar-refractivity contribution is 6.01. The summed E-state index contributed by atoms with van der Waals surface area (Å²) in [7, 11) is 0. The molecule has 0 aliphatic heterocycles. The molecule has 1 aromatic rings. The number of halogens is 1. The van der Waals surface area contributed by atoms with E-state index in [0.29, 0.717) is 11.5 Å². The summed E-state index contributed by atoms with van der Waals surface area (Å²) >= 11 is 0. The Morgan fingerprint density at radius 2 is 1.95 bits per heavy atom. The van der Waals surface area contributed by atoms with Crippen LogP contribution in [0.2, 0.25) is 0 Å². The van der Waals surface area contributed by atoms with E-state index in [-0.39, 0.29) is 17.0 Å². The van der Waals surface area contributed by atoms with Crippen molar-refractivity contribution < 1.29 is 9.18 Å². The SMILES string of the molecule is Cc1cc(F)ccc1C(=O)C1(CC(C)C)CCCC1. The average molecular weight is 262 g/mol. The quantitative estimate of drug-likeness (QED) is 0.704. The van der Waals surface area contributed by atoms with Crippen molar-refractivity contribution in [3.63, 3.8) is 0 Å². The fraction of sp³-hybridized carbons (Fsp3) is 0.588. The fourth-order valence-corrected chi connectivity index (χ4v) is 3.52. The van der Waals surface area contributed by atoms with Crippen LogP contribution in [0.4, 0.5) is 4.39 Å². The van der Waals surface area contributed by atoms with Gasteiger partial charge in [0.2, 0.25) is 0 Å². The lowest BCUT2D eigenvalue weighted by Crippen LogP contribution is -2.30. The number of carbonyl (C=O) groups excluding carboxylic acids is 1. The Hall–Kier alpha value is -1.18. The van der Waals surface area contributed by atoms with E-state index in [2.05, 4.69) is 13.8 Å². The third-order valence-corrected chi connectivity index (χ3v) is 4.27. The van der Waals surface area contributed by atoms with Gasteiger partial charge in [0.1, 0.15) is 5.82 Å². The Bertz CT molecular complexity index is 470. The maximum atomic E-state index is 13.2. The second-order valence-electron chi connectivity index (χ2n) is 6.37. The molecule has 0 amide bonds. The van der Waals surface area contributed by atoms with Gasteiger partial charge in [0.25, 0.3) is 0 Å². The first-order valence-corrected chi connectivity index (χ1v) is 7.25. The van der Waals surface area contributed by atoms with Gasteiger partial charge in [-0.25, -0.2) is 4.39 Å². The first-order valence-electron chi connectivity index (χ1n) is 7.25. The van der Waals surface area contributed by atoms with Crippen molar-refractivity contribution in [1.82, 2.24) is 0 Å². The predicted molar refractivity (Wildman–Crippen MR) is 75.8 cm³/mol. The van der Waals surface area contributed by atoms with E-state index in [0.717, 1.165) is 37.7 Å². The van der Waals surface area contributed by atoms with Crippen LogP contribution >= 0.6 is 0 Å². The van der Waals surface area contributed by atoms with Crippen molar-refractivity contribution in [2.24, 2.45) is 11.3 Å². The minimum atomic E-state index is -0.265. The van der Waals surface area contributed by atoms with Crippen molar-refractivity contribution in [2.45, 2.75) is 52.9 Å². The standard InChI is InChI=1S/C17H23FO/c1-12(2)11-17(8-4-5-9-17)16(19)15-7-6-14(18)10-13(15)3/h6-7,10,12H,4-5,8-9,11H2,1-3H3. The number of hydrogen-bond acceptors (Lipinski definition) is 1. The van der Waals surface area contributed by atoms with Gasteiger partial charge in [-0.2, -0.15) is 0 Å². The summed E-state index contributed by atoms with van der Waals surface area (Å²) in [6.07, 6.45) is 5.20. The van der Waals surface area contributed by atoms with E-state index < -0.39 is 0 Å². The van der Waals surface area contributed by atoms with Crippen molar-refractivity contribution >= 4 is 5.78 Å². The highest BCUT2D eigenvalue weighted by atomic mass is 19.1. The number of aryl methyl sites for hydroxylation is 1. The normalized spacial score (nSPS) is 17.9. The molecule has 104 valence electrons. The fourth-order valence-electron chi connectivity index (χ4n) is 3.52. The zero-order valence-corrected chi connectivity index (χ0v) is 12.1. The molecule has 0 atom stereocenters. The van der Waals surface area contributed by atoms with E-state index in [1.165, 1.54) is 12.1 Å². The molecule has 1 aliphatic carbocycles. The number of benzene rings is 1. The Labute approximate surface area is 115 Å². The molecule has 0 unspecified atom stereocenters. The van der Waals surface area contributed by atoms with Crippen LogP contribution < -0.4 is 0 Å². The Morgan fingerprint density at radius 3 is 2.47 bits per heavy atom. The van der Waals surface area contributed by atoms with Gasteiger partial charge in [-0.3, -0.25) is 4.79 Å². The number of Topliss-reactive ketones (excluding diaryl/α,β-unsaturated/α-hetero) is 1. The summed E-state index contributed by atoms with van der Waals surface area (Å²) in [6.45, 7) is 6.17. The minimum Gasteiger partial charge on any atom is -0.294 e. The topological polar surface area (TPSA) is 17.1 Å². The average Bonchev–Trinajstić information content (AvgIpc) is 2.77. The number of carbonyl (C=O) groups is 1. The lowest BCUT2D eigenvalue weighted by Gasteiger charge is -2.30. The van der Waals surface area contributed by atoms with Crippen LogP contribution in [0.15, 0.2) is 18.2 Å². The van der Waals surface area contributed by atoms with Gasteiger partial charge in [-0.15, -0.1) is 0 Å². The van der Waals surface area contributed by atoms with E-state index in [1.54, 1.807) is 6.07 Å². The van der Waals surface area contributed by atoms with E-state index >= 15 is 0 Å². The van der Waals surface area contributed by atoms with Gasteiger partial charge in [-0.05, 0) is 55.9 Å². The van der Waals surface area contributed by atoms with Gasteiger partial charge >= 0.3 is 0 Å². The maximum Gasteiger partial charge on any atom is 0.169 e. The molecule has 0 heterocycles. The van der Waals surface area contributed by atoms with Crippen molar-refractivity contribution in [3.05, 3.63) is 35.1 Å². The second-order valence-corrected chi connectivity index (χ2v) is 6.37. The van der Waals surface area contributed by atoms with E-state index in [4.69, 9.17) is 0 Å². The molecule has 1 nitrogen and oxygen atoms in total. The molecule has 19 heavy (non-hydrogen) atoms. The first-order chi connectivity index (χ1) is 8.94. The third kappa shape index (κ3) is 2.88. The lowest BCUT2D eigenvalue weighted by molar-refractivity contribution is 0.0759. The monoisotopic (exact) mass is 262 g/mol. The Kier molecular flexibility index (Phi) is 4.07. The molecule has 2 heteroatoms. The third-order valence-electron chi connectivity index (χ3n) is 4.27. The van der Waals surface area contributed by atoms with Gasteiger partial charge < -0.3 is 0 Å². The predicted octanol–water partition coefficient (Wildman–Crippen LogP) is 4.92. The molecule has 0 bridgehead atoms. The summed E-state index contributed by atoms with van der Waals surface area (Å²) in [6, 6.07) is 4.52. The van der Waals surface area contributed by atoms with Crippen LogP contribution in [0.3, 0.4) is 0 Å². The van der Waals surface area contributed by atoms with Crippen LogP contribution in [0.25, 0.3) is 0 Å². The van der Waals surface area contributed by atoms with E-state index in [9.17, 15) is 9.18 Å². The molecule has 0 saturated heterocycles. The number of ketones is 1. The summed E-state index contributed by atoms with van der Waals surface area (Å²) < 4.78 is 13.2. The molecule has 1 saturated carbocycles. The molecule has 0 N–H and O–H groups in total. The van der Waals surface area contributed by atoms with Crippen molar-refractivity contribution in [1.29, 1.82) is 0 Å². The molecule has 1 fully saturated rings. The van der Waals surface area contributed by atoms with Crippen molar-refractivity contribution in [2.75, 3.05) is 0 Å². The van der Waals surface area contributed by atoms with Crippen LogP contribution in [0.1, 0.15) is 61.9 Å². The molecule has 0 spiro atoms. The molecule has 0 radical (unpaired) electrons. The second kappa shape index (κ2) is 5.44. The van der Waals surface area contributed by atoms with Crippen LogP contribution in [-0.2, 0) is 0 Å². The minimum absolute atomic E-state index is 0.198. The Morgan fingerprint density at radius 1 is 1.32 bits per heavy atom. The van der Waals surface area contributed by atoms with Gasteiger partial charge in [0.05, 0.1) is 0 Å². The lowest BCUT2D eigenvalue weighted by atomic mass is 9.72. The van der Waals surface area contributed by atoms with Crippen LogP contribution in [0, 0.1) is 24.1 Å². The van der Waals surface area contributed by atoms with Crippen molar-refractivity contribution in [3.8, 4) is 0 Å². The van der Waals surface area contributed by atoms with Crippen LogP contribution in [0.5, 0.6) is 0 Å². The highest BCUT2D eigenvalue weighted by Gasteiger charge is 2.41. The molecular formula is C17H23FO. The number of hydrogen-bond donors (Lipinski definition) is 0. The molecule has 1 aromatic carbocycles. The maximum absolute atomic E-state index is 13.2. The highest BCUT2D eigenvalue weighted by Crippen LogP contribution is 2.45. The summed E-state index contributed by atoms with van der Waals surface area (Å²) in [4.78, 5) is 12.9. The van der Waals surface area contributed by atoms with Gasteiger partial charge in [-0.1, -0.05) is 26.7 Å². The summed E-state index contributed by atoms with van der Waals surface area (Å²) in [5.41, 5.74) is 1.28. The van der Waals surface area contributed by atoms with Gasteiger partial charge in [0, 0.05) is 11.0 Å². The Balaban J connectivity index is 2.34. The van der Waals surface area contributed by atoms with E-state index in [1.807, 2.05) is 6.92 Å². The molecule has 2 rings (SSSR count). The smallest absolute Gasteiger partial charge is 0.169 e. The largest absolute Gasteiger partial charge is 0.294 e. The first kappa shape index (κ1) is 14.2. The van der Waals surface area contributed by atoms with Crippen LogP contribution in [-0.4, -0.2) is 5.78 Å². The molecule has 0 aromatic heterocycles. The summed E-state index contributed by atoms with van der Waals surface area (Å²) in [5.74, 6) is 0.484. The molecule has 1 aliphatic rings. The number of rotatable bonds is 4.